The van der Waals surface area contributed by atoms with Gasteiger partial charge in [0.05, 0.1) is 11.3 Å². The standard InChI is InChI=1S/C14H18ClN3/c1-17-6-5-11(9-17)10-18(2)14-7-13(15)4-3-12(14)8-16/h3-4,7,11H,5-6,9-10H2,1-2H3. The lowest BCUT2D eigenvalue weighted by Crippen LogP contribution is -2.27. The normalized spacial score (nSPS) is 19.8. The first-order chi connectivity index (χ1) is 8.60. The van der Waals surface area contributed by atoms with E-state index < -0.39 is 0 Å². The van der Waals surface area contributed by atoms with Crippen molar-refractivity contribution in [2.24, 2.45) is 5.92 Å². The number of nitrogens with zero attached hydrogens (tertiary/aromatic N) is 3. The van der Waals surface area contributed by atoms with E-state index in [9.17, 15) is 0 Å². The number of anilines is 1. The van der Waals surface area contributed by atoms with Crippen LogP contribution in [-0.2, 0) is 0 Å². The lowest BCUT2D eigenvalue weighted by molar-refractivity contribution is 0.396. The summed E-state index contributed by atoms with van der Waals surface area (Å²) in [5, 5.41) is 9.81. The van der Waals surface area contributed by atoms with Gasteiger partial charge >= 0.3 is 0 Å². The number of hydrogen-bond donors (Lipinski definition) is 0. The maximum absolute atomic E-state index is 9.13. The van der Waals surface area contributed by atoms with Crippen molar-refractivity contribution in [3.63, 3.8) is 0 Å². The summed E-state index contributed by atoms with van der Waals surface area (Å²) < 4.78 is 0. The van der Waals surface area contributed by atoms with Crippen molar-refractivity contribution in [3.05, 3.63) is 28.8 Å². The second-order valence-electron chi connectivity index (χ2n) is 5.07. The maximum Gasteiger partial charge on any atom is 0.101 e. The molecule has 0 aromatic heterocycles. The van der Waals surface area contributed by atoms with E-state index in [4.69, 9.17) is 16.9 Å². The monoisotopic (exact) mass is 263 g/mol. The Bertz CT molecular complexity index is 467. The number of nitriles is 1. The smallest absolute Gasteiger partial charge is 0.101 e. The first-order valence-corrected chi connectivity index (χ1v) is 6.57. The van der Waals surface area contributed by atoms with E-state index in [0.717, 1.165) is 18.8 Å². The Hall–Kier alpha value is -1.24. The van der Waals surface area contributed by atoms with Crippen molar-refractivity contribution < 1.29 is 0 Å². The largest absolute Gasteiger partial charge is 0.373 e. The summed E-state index contributed by atoms with van der Waals surface area (Å²) in [6.45, 7) is 3.27. The van der Waals surface area contributed by atoms with Gasteiger partial charge in [0.25, 0.3) is 0 Å². The summed E-state index contributed by atoms with van der Waals surface area (Å²) in [5.41, 5.74) is 1.62. The average molecular weight is 264 g/mol. The van der Waals surface area contributed by atoms with E-state index >= 15 is 0 Å². The molecule has 1 unspecified atom stereocenters. The van der Waals surface area contributed by atoms with E-state index in [1.165, 1.54) is 13.0 Å². The van der Waals surface area contributed by atoms with Crippen LogP contribution in [0.25, 0.3) is 0 Å². The molecule has 0 saturated carbocycles. The van der Waals surface area contributed by atoms with Gasteiger partial charge in [-0.25, -0.2) is 0 Å². The summed E-state index contributed by atoms with van der Waals surface area (Å²) in [6, 6.07) is 7.65. The molecule has 0 bridgehead atoms. The summed E-state index contributed by atoms with van der Waals surface area (Å²) in [4.78, 5) is 4.50. The van der Waals surface area contributed by atoms with Crippen molar-refractivity contribution in [3.8, 4) is 6.07 Å². The van der Waals surface area contributed by atoms with Gasteiger partial charge in [-0.15, -0.1) is 0 Å². The van der Waals surface area contributed by atoms with Gasteiger partial charge in [0, 0.05) is 25.2 Å². The zero-order valence-corrected chi connectivity index (χ0v) is 11.6. The number of halogens is 1. The van der Waals surface area contributed by atoms with Gasteiger partial charge in [0.15, 0.2) is 0 Å². The molecule has 0 spiro atoms. The van der Waals surface area contributed by atoms with Crippen molar-refractivity contribution in [1.29, 1.82) is 5.26 Å². The molecule has 3 nitrogen and oxygen atoms in total. The second kappa shape index (κ2) is 5.60. The van der Waals surface area contributed by atoms with Crippen molar-refractivity contribution in [1.82, 2.24) is 4.90 Å². The fraction of sp³-hybridized carbons (Fsp3) is 0.500. The van der Waals surface area contributed by atoms with E-state index in [1.807, 2.05) is 13.1 Å². The van der Waals surface area contributed by atoms with E-state index in [2.05, 4.69) is 22.9 Å². The van der Waals surface area contributed by atoms with E-state index in [1.54, 1.807) is 12.1 Å². The Balaban J connectivity index is 2.11. The zero-order valence-electron chi connectivity index (χ0n) is 10.9. The van der Waals surface area contributed by atoms with Gasteiger partial charge in [0.1, 0.15) is 6.07 Å². The fourth-order valence-electron chi connectivity index (χ4n) is 2.58. The predicted octanol–water partition coefficient (Wildman–Crippen LogP) is 2.60. The summed E-state index contributed by atoms with van der Waals surface area (Å²) in [6.07, 6.45) is 1.23. The van der Waals surface area contributed by atoms with Crippen LogP contribution in [0.5, 0.6) is 0 Å². The van der Waals surface area contributed by atoms with Gasteiger partial charge in [-0.1, -0.05) is 11.6 Å². The summed E-state index contributed by atoms with van der Waals surface area (Å²) >= 11 is 6.01. The molecule has 1 saturated heterocycles. The Morgan fingerprint density at radius 1 is 1.56 bits per heavy atom. The van der Waals surface area contributed by atoms with Gasteiger partial charge in [-0.05, 0) is 44.1 Å². The van der Waals surface area contributed by atoms with Crippen molar-refractivity contribution in [2.45, 2.75) is 6.42 Å². The molecule has 0 N–H and O–H groups in total. The van der Waals surface area contributed by atoms with Crippen LogP contribution >= 0.6 is 11.6 Å². The van der Waals surface area contributed by atoms with Crippen LogP contribution in [0.4, 0.5) is 5.69 Å². The van der Waals surface area contributed by atoms with Crippen molar-refractivity contribution >= 4 is 17.3 Å². The molecule has 0 aliphatic carbocycles. The highest BCUT2D eigenvalue weighted by Crippen LogP contribution is 2.25. The molecule has 0 amide bonds. The Kier molecular flexibility index (Phi) is 4.11. The first-order valence-electron chi connectivity index (χ1n) is 6.19. The topological polar surface area (TPSA) is 30.3 Å². The van der Waals surface area contributed by atoms with Crippen LogP contribution in [0.1, 0.15) is 12.0 Å². The van der Waals surface area contributed by atoms with Crippen molar-refractivity contribution in [2.75, 3.05) is 38.6 Å². The third-order valence-electron chi connectivity index (χ3n) is 3.51. The lowest BCUT2D eigenvalue weighted by Gasteiger charge is -2.24. The average Bonchev–Trinajstić information content (AvgIpc) is 2.74. The number of benzene rings is 1. The Morgan fingerprint density at radius 3 is 2.94 bits per heavy atom. The molecule has 4 heteroatoms. The molecule has 1 aromatic carbocycles. The fourth-order valence-corrected chi connectivity index (χ4v) is 2.74. The van der Waals surface area contributed by atoms with Gasteiger partial charge in [-0.2, -0.15) is 5.26 Å². The van der Waals surface area contributed by atoms with Crippen LogP contribution in [-0.4, -0.2) is 38.6 Å². The molecular formula is C14H18ClN3. The second-order valence-corrected chi connectivity index (χ2v) is 5.51. The molecule has 0 radical (unpaired) electrons. The molecule has 1 fully saturated rings. The number of hydrogen-bond acceptors (Lipinski definition) is 3. The maximum atomic E-state index is 9.13. The molecular weight excluding hydrogens is 246 g/mol. The van der Waals surface area contributed by atoms with Gasteiger partial charge < -0.3 is 9.80 Å². The highest BCUT2D eigenvalue weighted by Gasteiger charge is 2.21. The van der Waals surface area contributed by atoms with Gasteiger partial charge in [0.2, 0.25) is 0 Å². The third-order valence-corrected chi connectivity index (χ3v) is 3.75. The quantitative estimate of drug-likeness (QED) is 0.840. The Morgan fingerprint density at radius 2 is 2.33 bits per heavy atom. The molecule has 1 aliphatic heterocycles. The van der Waals surface area contributed by atoms with Crippen LogP contribution in [0, 0.1) is 17.2 Å². The van der Waals surface area contributed by atoms with E-state index in [-0.39, 0.29) is 0 Å². The highest BCUT2D eigenvalue weighted by molar-refractivity contribution is 6.30. The molecule has 1 atom stereocenters. The first kappa shape index (κ1) is 13.2. The number of rotatable bonds is 3. The van der Waals surface area contributed by atoms with Gasteiger partial charge in [-0.3, -0.25) is 0 Å². The molecule has 2 rings (SSSR count). The molecule has 1 aliphatic rings. The van der Waals surface area contributed by atoms with E-state index in [0.29, 0.717) is 16.5 Å². The van der Waals surface area contributed by atoms with Crippen LogP contribution < -0.4 is 4.90 Å². The molecule has 96 valence electrons. The van der Waals surface area contributed by atoms with Crippen LogP contribution in [0.3, 0.4) is 0 Å². The molecule has 1 heterocycles. The molecule has 1 aromatic rings. The zero-order chi connectivity index (χ0) is 13.1. The summed E-state index contributed by atoms with van der Waals surface area (Å²) in [7, 11) is 4.19. The predicted molar refractivity (Wildman–Crippen MR) is 75.0 cm³/mol. The number of likely N-dealkylation sites (tertiary alicyclic amines) is 1. The SMILES string of the molecule is CN1CCC(CN(C)c2cc(Cl)ccc2C#N)C1. The lowest BCUT2D eigenvalue weighted by atomic mass is 10.1. The minimum Gasteiger partial charge on any atom is -0.373 e. The minimum atomic E-state index is 0.672. The minimum absolute atomic E-state index is 0.672. The van der Waals surface area contributed by atoms with Crippen LogP contribution in [0.15, 0.2) is 18.2 Å². The third kappa shape index (κ3) is 2.95. The summed E-state index contributed by atoms with van der Waals surface area (Å²) in [5.74, 6) is 0.672. The highest BCUT2D eigenvalue weighted by atomic mass is 35.5. The van der Waals surface area contributed by atoms with Crippen LogP contribution in [0.2, 0.25) is 5.02 Å². The Labute approximate surface area is 114 Å². The molecule has 18 heavy (non-hydrogen) atoms.